The van der Waals surface area contributed by atoms with Crippen LogP contribution in [0.2, 0.25) is 15.5 Å². The van der Waals surface area contributed by atoms with E-state index in [9.17, 15) is 66.7 Å². The molecule has 0 saturated carbocycles. The lowest BCUT2D eigenvalue weighted by atomic mass is 10.1. The minimum atomic E-state index is -5.02. The number of aliphatic imine (C=N–C) groups is 1. The number of anilines is 4. The molecule has 6 N–H and O–H groups in total. The van der Waals surface area contributed by atoms with Gasteiger partial charge in [-0.05, 0) is 145 Å². The molecule has 11 heterocycles. The predicted octanol–water partition coefficient (Wildman–Crippen LogP) is 15.4. The highest BCUT2D eigenvalue weighted by molar-refractivity contribution is 7.00. The number of isocyanates is 1. The number of benzene rings is 2. The first kappa shape index (κ1) is 93.7. The van der Waals surface area contributed by atoms with Crippen LogP contribution in [0.25, 0.3) is 0 Å². The van der Waals surface area contributed by atoms with Gasteiger partial charge in [0.1, 0.15) is 13.2 Å². The zero-order chi connectivity index (χ0) is 85.5. The summed E-state index contributed by atoms with van der Waals surface area (Å²) in [5, 5.41) is 25.5. The number of pyridine rings is 3. The van der Waals surface area contributed by atoms with Crippen molar-refractivity contribution in [3.8, 4) is 11.8 Å². The van der Waals surface area contributed by atoms with Crippen LogP contribution >= 0.6 is 81.7 Å². The van der Waals surface area contributed by atoms with Crippen LogP contribution in [-0.2, 0) is 49.3 Å². The van der Waals surface area contributed by atoms with Gasteiger partial charge in [0.15, 0.2) is 21.3 Å². The first-order valence-electron chi connectivity index (χ1n) is 35.2. The van der Waals surface area contributed by atoms with E-state index in [1.54, 1.807) is 75.3 Å². The highest BCUT2D eigenvalue weighted by Crippen LogP contribution is 2.41. The molecule has 4 aliphatic heterocycles. The molecule has 46 heteroatoms. The van der Waals surface area contributed by atoms with Crippen molar-refractivity contribution in [3.05, 3.63) is 164 Å². The Kier molecular flexibility index (Phi) is 37.4. The van der Waals surface area contributed by atoms with Gasteiger partial charge in [-0.2, -0.15) is 83.9 Å². The molecule has 7 aromatic heterocycles. The van der Waals surface area contributed by atoms with Gasteiger partial charge in [-0.3, -0.25) is 19.3 Å². The summed E-state index contributed by atoms with van der Waals surface area (Å²) in [5.74, 6) is 3.10. The number of rotatable bonds is 12. The average molecular weight is 1770 g/mol. The smallest absolute Gasteiger partial charge is 0.416 e. The summed E-state index contributed by atoms with van der Waals surface area (Å²) in [5.41, 5.74) is -4.57. The number of urea groups is 1. The molecule has 628 valence electrons. The Balaban J connectivity index is 0.000000228. The van der Waals surface area contributed by atoms with Crippen molar-refractivity contribution in [2.75, 3.05) is 79.5 Å². The molecule has 26 nitrogen and oxygen atoms in total. The number of piperazine rings is 4. The SMILES string of the molecule is CC1CN(c2nsnc2Cl)CC(C)N1.CC1CN(c2nsnc2OCc2ccncc2)CC(C)N1.CC1CN(c2nsnc2OCc2ccncc2)CC(C)N1C(=O)Nc1cc(C(F)(F)F)cc(C(F)(F)F)c1.CC1CNCC(C)N1.Clc1nsnc1Cl.O=C=Nc1cc(C(F)(F)F)cc(C(F)(F)F)c1.OCc1ccncc1.[2H]CF. The number of hydrogen-bond donors (Lipinski definition) is 6. The second kappa shape index (κ2) is 45.9. The number of amides is 2. The van der Waals surface area contributed by atoms with Crippen molar-refractivity contribution in [2.24, 2.45) is 4.99 Å². The summed E-state index contributed by atoms with van der Waals surface area (Å²) in [6.07, 6.45) is -8.95. The van der Waals surface area contributed by atoms with Gasteiger partial charge in [0.2, 0.25) is 17.7 Å². The first-order valence-corrected chi connectivity index (χ1v) is 38.5. The van der Waals surface area contributed by atoms with E-state index >= 15 is 0 Å². The van der Waals surface area contributed by atoms with Crippen LogP contribution in [0.15, 0.2) is 115 Å². The van der Waals surface area contributed by atoms with Crippen molar-refractivity contribution in [2.45, 2.75) is 148 Å². The normalized spacial score (nSPS) is 19.5. The number of carbonyl (C=O) groups excluding carboxylic acids is 2. The summed E-state index contributed by atoms with van der Waals surface area (Å²) in [7, 11) is -1.00. The van der Waals surface area contributed by atoms with E-state index in [-0.39, 0.29) is 48.7 Å². The van der Waals surface area contributed by atoms with E-state index in [0.29, 0.717) is 89.9 Å². The number of nitrogens with one attached hydrogen (secondary N) is 5. The van der Waals surface area contributed by atoms with Crippen LogP contribution < -0.4 is 50.8 Å². The second-order valence-electron chi connectivity index (χ2n) is 25.9. The van der Waals surface area contributed by atoms with Crippen LogP contribution in [0.1, 0.15) is 95.7 Å². The molecule has 9 aromatic rings. The topological polar surface area (TPSA) is 300 Å². The quantitative estimate of drug-likeness (QED) is 0.0376. The third-order valence-corrected chi connectivity index (χ3v) is 19.4. The molecular weight excluding hydrogens is 1680 g/mol. The number of ether oxygens (including phenoxy) is 2. The van der Waals surface area contributed by atoms with E-state index in [1.807, 2.05) is 17.0 Å². The number of nitrogens with zero attached hydrogens (tertiary/aromatic N) is 16. The summed E-state index contributed by atoms with van der Waals surface area (Å²) in [4.78, 5) is 45.0. The van der Waals surface area contributed by atoms with Crippen LogP contribution in [0.5, 0.6) is 11.8 Å². The standard InChI is InChI=1S/C23H22F6N6O2S.C14H19N5OS.C9H3F6NO.C8H13ClN4S.C6H14N2.C6H7NO.C2Cl2N2S.CH3F/c1-13-10-34(19-20(33-38-32-19)37-12-15-3-5-30-6-4-15)11-14(2)35(13)21(36)31-18-8-16(22(24,25)26)7-17(9-18)23(27,28)29;1-10-7-19(8-11(2)16-10)13-14(18-21-17-13)20-9-12-3-5-15-6-4-12;10-8(11,12)5-1-6(9(13,14)15)3-7(2-5)16-4-17;1-5-3-13(4-6(2)10-5)8-7(9)11-14-12-8;1-5-3-7-4-6(2)8-5;8-5-6-1-3-7-4-2-6;3-1-2(4)6-7-5-1;1-2/h3-9,13-14H,10-12H2,1-2H3,(H,31,36);3-6,10-11,16H,7-9H2,1-2H3;1-3H;5-6,10H,3-4H2,1-2H3;5-8H,3-4H2,1-2H3;1-4,8H,5H2;;1H3/i;;;;;;;1D. The Morgan fingerprint density at radius 3 is 1.17 bits per heavy atom. The van der Waals surface area contributed by atoms with Gasteiger partial charge in [0.25, 0.3) is 11.8 Å². The first-order chi connectivity index (χ1) is 54.8. The van der Waals surface area contributed by atoms with Crippen molar-refractivity contribution in [3.63, 3.8) is 0 Å². The maximum atomic E-state index is 13.2. The molecule has 0 radical (unpaired) electrons. The van der Waals surface area contributed by atoms with Gasteiger partial charge >= 0.3 is 30.7 Å². The lowest BCUT2D eigenvalue weighted by molar-refractivity contribution is -0.144. The second-order valence-corrected chi connectivity index (χ2v) is 29.1. The van der Waals surface area contributed by atoms with E-state index in [0.717, 1.165) is 97.1 Å². The number of aliphatic hydroxyl groups is 1. The Bertz CT molecular complexity index is 4320. The van der Waals surface area contributed by atoms with Crippen LogP contribution in [-0.4, -0.2) is 180 Å². The molecule has 2 amide bonds. The molecule has 0 spiro atoms. The minimum Gasteiger partial charge on any atom is -0.470 e. The fourth-order valence-corrected chi connectivity index (χ4v) is 14.0. The number of aliphatic hydroxyl groups excluding tert-OH is 1. The fraction of sp³-hybridized carbons (Fsp3) is 0.464. The van der Waals surface area contributed by atoms with E-state index in [4.69, 9.17) is 50.8 Å². The molecule has 2 aromatic carbocycles. The van der Waals surface area contributed by atoms with Crippen molar-refractivity contribution < 1.29 is 82.6 Å². The summed E-state index contributed by atoms with van der Waals surface area (Å²) < 4.78 is 212. The Hall–Kier alpha value is -8.46. The van der Waals surface area contributed by atoms with Crippen molar-refractivity contribution >= 4 is 123 Å². The predicted molar refractivity (Wildman–Crippen MR) is 415 cm³/mol. The number of hydrogen-bond acceptors (Lipinski definition) is 28. The van der Waals surface area contributed by atoms with Crippen LogP contribution in [0, 0.1) is 0 Å². The summed E-state index contributed by atoms with van der Waals surface area (Å²) >= 11 is 20.9. The molecule has 0 bridgehead atoms. The van der Waals surface area contributed by atoms with Gasteiger partial charge in [0, 0.05) is 144 Å². The Morgan fingerprint density at radius 2 is 0.843 bits per heavy atom. The molecule has 13 rings (SSSR count). The fourth-order valence-electron chi connectivity index (χ4n) is 11.5. The Morgan fingerprint density at radius 1 is 0.513 bits per heavy atom. The summed E-state index contributed by atoms with van der Waals surface area (Å²) in [6.45, 7) is 23.8. The van der Waals surface area contributed by atoms with Gasteiger partial charge in [-0.1, -0.05) is 34.8 Å². The number of alkyl halides is 13. The molecule has 4 saturated heterocycles. The Labute approximate surface area is 686 Å². The van der Waals surface area contributed by atoms with Gasteiger partial charge in [-0.25, -0.2) is 9.59 Å². The lowest BCUT2D eigenvalue weighted by Crippen LogP contribution is -2.59. The van der Waals surface area contributed by atoms with Gasteiger partial charge < -0.3 is 60.8 Å². The van der Waals surface area contributed by atoms with Gasteiger partial charge in [0.05, 0.1) is 90.0 Å². The minimum absolute atomic E-state index is 0.00983. The highest BCUT2D eigenvalue weighted by Gasteiger charge is 2.41. The van der Waals surface area contributed by atoms with Gasteiger partial charge in [-0.15, -0.1) is 8.75 Å². The van der Waals surface area contributed by atoms with Crippen LogP contribution in [0.3, 0.4) is 0 Å². The number of halogens is 16. The van der Waals surface area contributed by atoms with E-state index in [1.165, 1.54) is 28.4 Å². The molecular formula is C69H81Cl3F13N21O5S4. The molecule has 4 fully saturated rings. The number of aromatic nitrogens is 11. The van der Waals surface area contributed by atoms with E-state index in [2.05, 4.69) is 133 Å². The van der Waals surface area contributed by atoms with Crippen LogP contribution in [0.4, 0.5) is 90.7 Å². The largest absolute Gasteiger partial charge is 0.470 e. The summed E-state index contributed by atoms with van der Waals surface area (Å²) in [6, 6.07) is 14.0. The van der Waals surface area contributed by atoms with Crippen molar-refractivity contribution in [1.82, 2.24) is 76.1 Å². The van der Waals surface area contributed by atoms with E-state index < -0.39 is 83.6 Å². The highest BCUT2D eigenvalue weighted by atomic mass is 35.5. The lowest BCUT2D eigenvalue weighted by Gasteiger charge is -2.44. The van der Waals surface area contributed by atoms with Crippen molar-refractivity contribution in [1.29, 1.82) is 0 Å². The zero-order valence-electron chi connectivity index (χ0n) is 63.4. The maximum absolute atomic E-state index is 13.2. The third-order valence-electron chi connectivity index (χ3n) is 16.1. The molecule has 115 heavy (non-hydrogen) atoms. The molecule has 4 aliphatic rings. The number of carbonyl (C=O) groups is 1. The molecule has 8 unspecified atom stereocenters. The molecule has 8 atom stereocenters. The third kappa shape index (κ3) is 31.8. The monoisotopic (exact) mass is 1760 g/mol. The maximum Gasteiger partial charge on any atom is 0.416 e. The molecule has 0 aliphatic carbocycles. The zero-order valence-corrected chi connectivity index (χ0v) is 67.9. The average Bonchev–Trinajstić information content (AvgIpc) is 1.70.